The van der Waals surface area contributed by atoms with Crippen molar-refractivity contribution in [1.29, 1.82) is 0 Å². The second-order valence-electron chi connectivity index (χ2n) is 10.3. The van der Waals surface area contributed by atoms with Crippen LogP contribution >= 0.6 is 23.2 Å². The molecule has 224 valence electrons. The average molecular weight is 612 g/mol. The summed E-state index contributed by atoms with van der Waals surface area (Å²) < 4.78 is 16.9. The van der Waals surface area contributed by atoms with Crippen LogP contribution in [0.3, 0.4) is 0 Å². The van der Waals surface area contributed by atoms with Crippen LogP contribution in [0.4, 0.5) is 0 Å². The van der Waals surface area contributed by atoms with Crippen molar-refractivity contribution in [2.75, 3.05) is 33.5 Å². The highest BCUT2D eigenvalue weighted by Gasteiger charge is 2.17. The third-order valence-corrected chi connectivity index (χ3v) is 7.73. The first kappa shape index (κ1) is 33.4. The molecular weight excluding hydrogens is 571 g/mol. The minimum absolute atomic E-state index is 0. The van der Waals surface area contributed by atoms with Crippen LogP contribution in [-0.2, 0) is 17.6 Å². The maximum absolute atomic E-state index is 6.28. The van der Waals surface area contributed by atoms with Crippen molar-refractivity contribution in [3.8, 4) is 22.6 Å². The van der Waals surface area contributed by atoms with E-state index in [1.54, 1.807) is 7.11 Å². The van der Waals surface area contributed by atoms with Gasteiger partial charge in [0.25, 0.3) is 0 Å². The second kappa shape index (κ2) is 16.5. The molecule has 3 aromatic carbocycles. The molecule has 4 aromatic rings. The fourth-order valence-corrected chi connectivity index (χ4v) is 5.80. The Morgan fingerprint density at radius 3 is 2.26 bits per heavy atom. The van der Waals surface area contributed by atoms with Crippen molar-refractivity contribution < 1.29 is 24.7 Å². The van der Waals surface area contributed by atoms with Gasteiger partial charge >= 0.3 is 0 Å². The zero-order chi connectivity index (χ0) is 29.2. The molecule has 0 saturated heterocycles. The lowest BCUT2D eigenvalue weighted by Crippen LogP contribution is -2.16. The number of aromatic amines is 1. The summed E-state index contributed by atoms with van der Waals surface area (Å²) in [5, 5.41) is 1.000. The summed E-state index contributed by atoms with van der Waals surface area (Å²) >= 11 is 12.5. The molecule has 4 N–H and O–H groups in total. The van der Waals surface area contributed by atoms with Crippen LogP contribution < -0.4 is 20.2 Å². The number of methoxy groups -OCH3 is 1. The molecule has 0 radical (unpaired) electrons. The third-order valence-electron chi connectivity index (χ3n) is 7.17. The minimum Gasteiger partial charge on any atom is -0.870 e. The Kier molecular flexibility index (Phi) is 13.1. The summed E-state index contributed by atoms with van der Waals surface area (Å²) in [4.78, 5) is 3.43. The number of aryl methyl sites for hydroxylation is 3. The molecule has 6 nitrogen and oxygen atoms in total. The largest absolute Gasteiger partial charge is 0.870 e. The zero-order valence-corrected chi connectivity index (χ0v) is 26.0. The van der Waals surface area contributed by atoms with Crippen LogP contribution in [0.1, 0.15) is 40.3 Å². The van der Waals surface area contributed by atoms with E-state index in [1.165, 1.54) is 33.5 Å². The molecule has 0 fully saturated rings. The summed E-state index contributed by atoms with van der Waals surface area (Å²) in [6.45, 7) is 6.15. The van der Waals surface area contributed by atoms with Crippen molar-refractivity contribution >= 4 is 23.2 Å². The number of nitrogens with one attached hydrogen (secondary N) is 1. The lowest BCUT2D eigenvalue weighted by Gasteiger charge is -2.19. The third kappa shape index (κ3) is 8.93. The number of rotatable bonds is 14. The normalized spacial score (nSPS) is 11.6. The number of H-pyrrole nitrogens is 1. The van der Waals surface area contributed by atoms with Crippen molar-refractivity contribution in [3.05, 3.63) is 111 Å². The molecule has 1 heterocycles. The standard InChI is InChI=1S/C34H38Cl2N2O3.H2O/c1-23-18-31(35)34(32(36)19-23)41-17-16-40-28-11-8-25(9-12-28)21-27(22-37)29-13-10-26(20-24(29)2)30-6-4-14-38-33(30)7-5-15-39-3;/h4,6,8-14,18-20,27H,5,7,15-17,21-22,37H2,1-3H3;1H2. The maximum Gasteiger partial charge on any atom is 0.187 e. The van der Waals surface area contributed by atoms with E-state index in [4.69, 9.17) is 43.1 Å². The molecule has 0 aliphatic carbocycles. The molecule has 4 rings (SSSR count). The Labute approximate surface area is 259 Å². The average Bonchev–Trinajstić information content (AvgIpc) is 2.96. The molecule has 0 aliphatic heterocycles. The SMILES string of the molecule is COCCCc1[nH+]cccc1-c1ccc(C(CN)Cc2ccc(OCCOc3c(Cl)cc(C)cc3Cl)cc2)c(C)c1.[OH-]. The molecule has 1 atom stereocenters. The van der Waals surface area contributed by atoms with Crippen LogP contribution in [0.2, 0.25) is 10.0 Å². The summed E-state index contributed by atoms with van der Waals surface area (Å²) in [7, 11) is 1.74. The first-order valence-electron chi connectivity index (χ1n) is 14.0. The number of halogens is 2. The lowest BCUT2D eigenvalue weighted by molar-refractivity contribution is -0.389. The van der Waals surface area contributed by atoms with E-state index in [1.807, 2.05) is 37.4 Å². The first-order chi connectivity index (χ1) is 19.9. The minimum atomic E-state index is 0. The van der Waals surface area contributed by atoms with Gasteiger partial charge in [-0.15, -0.1) is 0 Å². The van der Waals surface area contributed by atoms with E-state index in [-0.39, 0.29) is 11.4 Å². The van der Waals surface area contributed by atoms with Gasteiger partial charge in [-0.3, -0.25) is 0 Å². The van der Waals surface area contributed by atoms with Crippen molar-refractivity contribution in [2.45, 2.75) is 39.0 Å². The summed E-state index contributed by atoms with van der Waals surface area (Å²) in [5.41, 5.74) is 14.7. The van der Waals surface area contributed by atoms with E-state index in [0.717, 1.165) is 37.2 Å². The Bertz CT molecular complexity index is 1410. The maximum atomic E-state index is 6.28. The number of ether oxygens (including phenoxy) is 3. The smallest absolute Gasteiger partial charge is 0.187 e. The number of hydrogen-bond donors (Lipinski definition) is 1. The Balaban J connectivity index is 0.00000484. The summed E-state index contributed by atoms with van der Waals surface area (Å²) in [6, 6.07) is 22.8. The molecule has 0 aliphatic rings. The summed E-state index contributed by atoms with van der Waals surface area (Å²) in [6.07, 6.45) is 4.76. The zero-order valence-electron chi connectivity index (χ0n) is 24.5. The number of nitrogens with two attached hydrogens (primary N) is 1. The fourth-order valence-electron chi connectivity index (χ4n) is 5.10. The molecule has 42 heavy (non-hydrogen) atoms. The van der Waals surface area contributed by atoms with E-state index in [0.29, 0.717) is 35.6 Å². The van der Waals surface area contributed by atoms with Gasteiger partial charge in [0.2, 0.25) is 0 Å². The highest BCUT2D eigenvalue weighted by atomic mass is 35.5. The molecule has 0 amide bonds. The van der Waals surface area contributed by atoms with E-state index >= 15 is 0 Å². The Morgan fingerprint density at radius 1 is 0.881 bits per heavy atom. The van der Waals surface area contributed by atoms with Gasteiger partial charge in [-0.2, -0.15) is 0 Å². The van der Waals surface area contributed by atoms with Gasteiger partial charge < -0.3 is 25.4 Å². The predicted octanol–water partition coefficient (Wildman–Crippen LogP) is 7.24. The number of benzene rings is 3. The lowest BCUT2D eigenvalue weighted by atomic mass is 9.87. The van der Waals surface area contributed by atoms with Crippen LogP contribution in [0, 0.1) is 13.8 Å². The van der Waals surface area contributed by atoms with Gasteiger partial charge in [0.1, 0.15) is 19.0 Å². The molecule has 1 unspecified atom stereocenters. The quantitative estimate of drug-likeness (QED) is 0.152. The number of pyridine rings is 1. The van der Waals surface area contributed by atoms with Gasteiger partial charge in [0.15, 0.2) is 17.6 Å². The molecule has 1 aromatic heterocycles. The van der Waals surface area contributed by atoms with E-state index < -0.39 is 0 Å². The summed E-state index contributed by atoms with van der Waals surface area (Å²) in [5.74, 6) is 1.49. The Hall–Kier alpha value is -3.13. The fraction of sp³-hybridized carbons (Fsp3) is 0.324. The van der Waals surface area contributed by atoms with Gasteiger partial charge in [-0.25, -0.2) is 4.98 Å². The first-order valence-corrected chi connectivity index (χ1v) is 14.7. The monoisotopic (exact) mass is 610 g/mol. The highest BCUT2D eigenvalue weighted by Crippen LogP contribution is 2.34. The van der Waals surface area contributed by atoms with Crippen LogP contribution in [0.25, 0.3) is 11.1 Å². The van der Waals surface area contributed by atoms with Crippen LogP contribution in [0.5, 0.6) is 11.5 Å². The van der Waals surface area contributed by atoms with Gasteiger partial charge in [0, 0.05) is 37.7 Å². The molecule has 0 bridgehead atoms. The topological polar surface area (TPSA) is 97.9 Å². The predicted molar refractivity (Wildman–Crippen MR) is 169 cm³/mol. The van der Waals surface area contributed by atoms with Gasteiger partial charge in [-0.1, -0.05) is 53.5 Å². The Morgan fingerprint density at radius 2 is 1.60 bits per heavy atom. The number of hydrogen-bond acceptors (Lipinski definition) is 5. The van der Waals surface area contributed by atoms with Crippen molar-refractivity contribution in [3.63, 3.8) is 0 Å². The van der Waals surface area contributed by atoms with Crippen molar-refractivity contribution in [2.24, 2.45) is 5.73 Å². The highest BCUT2D eigenvalue weighted by molar-refractivity contribution is 6.37. The van der Waals surface area contributed by atoms with Gasteiger partial charge in [-0.05, 0) is 91.4 Å². The second-order valence-corrected chi connectivity index (χ2v) is 11.1. The van der Waals surface area contributed by atoms with Crippen LogP contribution in [-0.4, -0.2) is 39.0 Å². The molecular formula is C34H40Cl2N2O4. The van der Waals surface area contributed by atoms with Gasteiger partial charge in [0.05, 0.1) is 10.0 Å². The molecule has 8 heteroatoms. The molecule has 0 saturated carbocycles. The van der Waals surface area contributed by atoms with Crippen LogP contribution in [0.15, 0.2) is 72.9 Å². The number of aromatic nitrogens is 1. The van der Waals surface area contributed by atoms with Crippen molar-refractivity contribution in [1.82, 2.24) is 0 Å². The molecule has 0 spiro atoms. The van der Waals surface area contributed by atoms with E-state index in [2.05, 4.69) is 54.4 Å². The van der Waals surface area contributed by atoms with E-state index in [9.17, 15) is 0 Å².